The molecule has 0 saturated heterocycles. The molecule has 1 unspecified atom stereocenters. The van der Waals surface area contributed by atoms with Crippen LogP contribution in [0.25, 0.3) is 0 Å². The Morgan fingerprint density at radius 2 is 2.22 bits per heavy atom. The molecule has 0 amide bonds. The largest absolute Gasteiger partial charge is 0.291 e. The van der Waals surface area contributed by atoms with Crippen molar-refractivity contribution in [2.75, 3.05) is 0 Å². The number of hydrogen-bond donors (Lipinski definition) is 0. The van der Waals surface area contributed by atoms with Gasteiger partial charge >= 0.3 is 0 Å². The quantitative estimate of drug-likeness (QED) is 0.796. The van der Waals surface area contributed by atoms with Crippen LogP contribution < -0.4 is 0 Å². The summed E-state index contributed by atoms with van der Waals surface area (Å²) in [5.41, 5.74) is 0.332. The second-order valence-corrected chi connectivity index (χ2v) is 4.92. The zero-order valence-corrected chi connectivity index (χ0v) is 10.6. The number of rotatable bonds is 3. The molecule has 0 saturated carbocycles. The van der Waals surface area contributed by atoms with Crippen molar-refractivity contribution < 1.29 is 9.18 Å². The van der Waals surface area contributed by atoms with E-state index in [1.165, 1.54) is 23.5 Å². The monoisotopic (exact) mass is 279 g/mol. The molecule has 18 heavy (non-hydrogen) atoms. The number of halogens is 2. The van der Waals surface area contributed by atoms with Crippen molar-refractivity contribution in [2.24, 2.45) is 0 Å². The second kappa shape index (κ2) is 5.30. The fourth-order valence-electron chi connectivity index (χ4n) is 1.57. The van der Waals surface area contributed by atoms with Crippen molar-refractivity contribution in [1.29, 1.82) is 5.26 Å². The molecule has 0 aliphatic rings. The SMILES string of the molecule is N#CC(C(=O)c1cccs1)c1ccc(F)cc1Cl. The summed E-state index contributed by atoms with van der Waals surface area (Å²) in [7, 11) is 0. The summed E-state index contributed by atoms with van der Waals surface area (Å²) in [6, 6.07) is 8.96. The minimum absolute atomic E-state index is 0.0893. The number of carbonyl (C=O) groups excluding carboxylic acids is 1. The van der Waals surface area contributed by atoms with Gasteiger partial charge in [-0.1, -0.05) is 23.7 Å². The van der Waals surface area contributed by atoms with E-state index < -0.39 is 11.7 Å². The van der Waals surface area contributed by atoms with E-state index in [0.29, 0.717) is 10.4 Å². The zero-order valence-electron chi connectivity index (χ0n) is 9.06. The normalized spacial score (nSPS) is 11.8. The number of nitrogens with zero attached hydrogens (tertiary/aromatic N) is 1. The molecule has 1 heterocycles. The molecule has 2 nitrogen and oxygen atoms in total. The Morgan fingerprint density at radius 1 is 1.44 bits per heavy atom. The molecule has 0 bridgehead atoms. The summed E-state index contributed by atoms with van der Waals surface area (Å²) in [5.74, 6) is -1.82. The van der Waals surface area contributed by atoms with Crippen LogP contribution >= 0.6 is 22.9 Å². The molecule has 1 atom stereocenters. The lowest BCUT2D eigenvalue weighted by atomic mass is 9.95. The molecule has 5 heteroatoms. The highest BCUT2D eigenvalue weighted by Crippen LogP contribution is 2.29. The van der Waals surface area contributed by atoms with Crippen LogP contribution in [0, 0.1) is 17.1 Å². The standard InChI is InChI=1S/C13H7ClFNOS/c14-11-6-8(15)3-4-9(11)10(7-16)13(17)12-2-1-5-18-12/h1-6,10H. The molecule has 0 aliphatic carbocycles. The van der Waals surface area contributed by atoms with Gasteiger partial charge in [0, 0.05) is 5.02 Å². The number of Topliss-reactive ketones (excluding diaryl/α,β-unsaturated/α-hetero) is 1. The average molecular weight is 280 g/mol. The van der Waals surface area contributed by atoms with E-state index >= 15 is 0 Å². The molecular formula is C13H7ClFNOS. The van der Waals surface area contributed by atoms with Crippen molar-refractivity contribution in [1.82, 2.24) is 0 Å². The zero-order chi connectivity index (χ0) is 13.1. The van der Waals surface area contributed by atoms with Gasteiger partial charge < -0.3 is 0 Å². The first-order valence-corrected chi connectivity index (χ1v) is 6.31. The molecule has 1 aromatic heterocycles. The molecule has 0 spiro atoms. The summed E-state index contributed by atoms with van der Waals surface area (Å²) in [6.07, 6.45) is 0. The van der Waals surface area contributed by atoms with Gasteiger partial charge in [-0.05, 0) is 29.1 Å². The van der Waals surface area contributed by atoms with Crippen LogP contribution in [0.15, 0.2) is 35.7 Å². The van der Waals surface area contributed by atoms with E-state index in [-0.39, 0.29) is 10.8 Å². The summed E-state index contributed by atoms with van der Waals surface area (Å²) >= 11 is 7.13. The highest BCUT2D eigenvalue weighted by molar-refractivity contribution is 7.12. The molecular weight excluding hydrogens is 273 g/mol. The fraction of sp³-hybridized carbons (Fsp3) is 0.0769. The van der Waals surface area contributed by atoms with Crippen molar-refractivity contribution in [3.8, 4) is 6.07 Å². The smallest absolute Gasteiger partial charge is 0.194 e. The van der Waals surface area contributed by atoms with Crippen molar-refractivity contribution in [2.45, 2.75) is 5.92 Å². The first-order valence-electron chi connectivity index (χ1n) is 5.05. The topological polar surface area (TPSA) is 40.9 Å². The molecule has 0 N–H and O–H groups in total. The van der Waals surface area contributed by atoms with E-state index in [4.69, 9.17) is 16.9 Å². The van der Waals surface area contributed by atoms with Crippen molar-refractivity contribution >= 4 is 28.7 Å². The van der Waals surface area contributed by atoms with E-state index in [9.17, 15) is 9.18 Å². The second-order valence-electron chi connectivity index (χ2n) is 3.57. The summed E-state index contributed by atoms with van der Waals surface area (Å²) in [5, 5.41) is 11.0. The van der Waals surface area contributed by atoms with Gasteiger partial charge in [0.2, 0.25) is 0 Å². The Hall–Kier alpha value is -1.70. The molecule has 2 aromatic rings. The Morgan fingerprint density at radius 3 is 2.78 bits per heavy atom. The third kappa shape index (κ3) is 2.42. The van der Waals surface area contributed by atoms with E-state index in [1.807, 2.05) is 6.07 Å². The lowest BCUT2D eigenvalue weighted by Crippen LogP contribution is -2.10. The van der Waals surface area contributed by atoms with Crippen molar-refractivity contribution in [3.63, 3.8) is 0 Å². The van der Waals surface area contributed by atoms with Gasteiger partial charge in [0.25, 0.3) is 0 Å². The van der Waals surface area contributed by atoms with E-state index in [0.717, 1.165) is 6.07 Å². The van der Waals surface area contributed by atoms with Gasteiger partial charge in [0.05, 0.1) is 10.9 Å². The Balaban J connectivity index is 2.41. The Labute approximate surface area is 112 Å². The number of carbonyl (C=O) groups is 1. The molecule has 0 aliphatic heterocycles. The van der Waals surface area contributed by atoms with Gasteiger partial charge in [-0.15, -0.1) is 11.3 Å². The molecule has 1 aromatic carbocycles. The summed E-state index contributed by atoms with van der Waals surface area (Å²) in [4.78, 5) is 12.6. The summed E-state index contributed by atoms with van der Waals surface area (Å²) in [6.45, 7) is 0. The van der Waals surface area contributed by atoms with E-state index in [1.54, 1.807) is 17.5 Å². The van der Waals surface area contributed by atoms with Crippen LogP contribution in [0.5, 0.6) is 0 Å². The van der Waals surface area contributed by atoms with Gasteiger partial charge in [0.15, 0.2) is 5.78 Å². The molecule has 0 fully saturated rings. The first kappa shape index (κ1) is 12.7. The molecule has 2 rings (SSSR count). The number of hydrogen-bond acceptors (Lipinski definition) is 3. The predicted molar refractivity (Wildman–Crippen MR) is 68.4 cm³/mol. The van der Waals surface area contributed by atoms with Crippen LogP contribution in [-0.2, 0) is 0 Å². The lowest BCUT2D eigenvalue weighted by Gasteiger charge is -2.09. The third-order valence-electron chi connectivity index (χ3n) is 2.43. The maximum atomic E-state index is 12.9. The minimum Gasteiger partial charge on any atom is -0.291 e. The van der Waals surface area contributed by atoms with Gasteiger partial charge in [-0.3, -0.25) is 4.79 Å². The van der Waals surface area contributed by atoms with Gasteiger partial charge in [-0.2, -0.15) is 5.26 Å². The van der Waals surface area contributed by atoms with E-state index in [2.05, 4.69) is 0 Å². The minimum atomic E-state index is -1.00. The third-order valence-corrected chi connectivity index (χ3v) is 3.64. The van der Waals surface area contributed by atoms with Gasteiger partial charge in [-0.25, -0.2) is 4.39 Å². The maximum Gasteiger partial charge on any atom is 0.194 e. The fourth-order valence-corrected chi connectivity index (χ4v) is 2.54. The highest BCUT2D eigenvalue weighted by Gasteiger charge is 2.24. The predicted octanol–water partition coefficient (Wildman–Crippen LogP) is 4.03. The number of ketones is 1. The highest BCUT2D eigenvalue weighted by atomic mass is 35.5. The van der Waals surface area contributed by atoms with Crippen LogP contribution in [-0.4, -0.2) is 5.78 Å². The average Bonchev–Trinajstić information content (AvgIpc) is 2.86. The number of thiophene rings is 1. The molecule has 0 radical (unpaired) electrons. The van der Waals surface area contributed by atoms with Crippen LogP contribution in [0.4, 0.5) is 4.39 Å². The molecule has 90 valence electrons. The Kier molecular flexibility index (Phi) is 3.75. The number of nitriles is 1. The number of benzene rings is 1. The lowest BCUT2D eigenvalue weighted by molar-refractivity contribution is 0.0983. The van der Waals surface area contributed by atoms with Crippen molar-refractivity contribution in [3.05, 3.63) is 57.0 Å². The van der Waals surface area contributed by atoms with Crippen LogP contribution in [0.2, 0.25) is 5.02 Å². The first-order chi connectivity index (χ1) is 8.63. The Bertz CT molecular complexity index is 618. The van der Waals surface area contributed by atoms with Gasteiger partial charge in [0.1, 0.15) is 11.7 Å². The van der Waals surface area contributed by atoms with Crippen LogP contribution in [0.1, 0.15) is 21.2 Å². The summed E-state index contributed by atoms with van der Waals surface area (Å²) < 4.78 is 12.9. The van der Waals surface area contributed by atoms with Crippen LogP contribution in [0.3, 0.4) is 0 Å². The maximum absolute atomic E-state index is 12.9.